The van der Waals surface area contributed by atoms with Crippen LogP contribution in [-0.2, 0) is 32.2 Å². The normalized spacial score (nSPS) is 13.2. The van der Waals surface area contributed by atoms with E-state index in [9.17, 15) is 9.59 Å². The monoisotopic (exact) mass is 850 g/mol. The van der Waals surface area contributed by atoms with E-state index in [0.29, 0.717) is 44.0 Å². The van der Waals surface area contributed by atoms with Crippen LogP contribution in [0.3, 0.4) is 0 Å². The number of esters is 2. The van der Waals surface area contributed by atoms with Crippen molar-refractivity contribution in [1.29, 1.82) is 0 Å². The van der Waals surface area contributed by atoms with Gasteiger partial charge in [0.2, 0.25) is 0 Å². The summed E-state index contributed by atoms with van der Waals surface area (Å²) in [6.07, 6.45) is 36.7. The third kappa shape index (κ3) is 18.2. The van der Waals surface area contributed by atoms with Gasteiger partial charge in [-0.15, -0.1) is 0 Å². The van der Waals surface area contributed by atoms with E-state index in [-0.39, 0.29) is 11.9 Å². The molecule has 0 radical (unpaired) electrons. The molecule has 0 fully saturated rings. The number of carbonyl (C=O) groups is 2. The number of pyridine rings is 2. The third-order valence-corrected chi connectivity index (χ3v) is 12.3. The second-order valence-corrected chi connectivity index (χ2v) is 17.5. The largest absolute Gasteiger partial charge is 0.462 e. The van der Waals surface area contributed by atoms with Crippen molar-refractivity contribution < 1.29 is 28.2 Å². The minimum absolute atomic E-state index is 0.341. The van der Waals surface area contributed by atoms with Crippen molar-refractivity contribution in [3.63, 3.8) is 0 Å². The fraction of sp³-hybridized carbons (Fsp3) is 0.600. The zero-order valence-corrected chi connectivity index (χ0v) is 39.2. The molecule has 0 saturated heterocycles. The second-order valence-electron chi connectivity index (χ2n) is 17.5. The van der Waals surface area contributed by atoms with Crippen LogP contribution >= 0.6 is 0 Å². The molecule has 1 aromatic carbocycles. The topological polar surface area (TPSA) is 63.6 Å². The van der Waals surface area contributed by atoms with Crippen LogP contribution in [0.1, 0.15) is 186 Å². The highest BCUT2D eigenvalue weighted by atomic mass is 16.5. The van der Waals surface area contributed by atoms with E-state index in [2.05, 4.69) is 59.6 Å². The number of rotatable bonds is 34. The van der Waals surface area contributed by atoms with Crippen LogP contribution in [-0.4, -0.2) is 36.6 Å². The van der Waals surface area contributed by atoms with Crippen molar-refractivity contribution in [2.75, 3.05) is 19.8 Å². The summed E-state index contributed by atoms with van der Waals surface area (Å²) in [5, 5.41) is 0. The van der Waals surface area contributed by atoms with Gasteiger partial charge in [0, 0.05) is 30.8 Å². The van der Waals surface area contributed by atoms with Crippen LogP contribution in [0.5, 0.6) is 0 Å². The zero-order valence-electron chi connectivity index (χ0n) is 39.2. The second kappa shape index (κ2) is 31.6. The number of nitrogens with zero attached hydrogens (tertiary/aromatic N) is 3. The molecule has 1 aliphatic heterocycles. The molecule has 0 N–H and O–H groups in total. The lowest BCUT2D eigenvalue weighted by Crippen LogP contribution is -2.47. The maximum Gasteiger partial charge on any atom is 0.337 e. The van der Waals surface area contributed by atoms with Crippen molar-refractivity contribution in [2.45, 2.75) is 194 Å². The van der Waals surface area contributed by atoms with Crippen molar-refractivity contribution in [1.82, 2.24) is 4.90 Å². The Hall–Kier alpha value is -4.26. The quantitative estimate of drug-likeness (QED) is 0.0340. The van der Waals surface area contributed by atoms with Crippen molar-refractivity contribution in [2.24, 2.45) is 0 Å². The van der Waals surface area contributed by atoms with Crippen LogP contribution in [0.2, 0.25) is 0 Å². The number of unbranched alkanes of at least 4 members (excludes halogenated alkanes) is 21. The summed E-state index contributed by atoms with van der Waals surface area (Å²) in [6, 6.07) is 22.2. The fourth-order valence-electron chi connectivity index (χ4n) is 8.78. The van der Waals surface area contributed by atoms with E-state index in [1.165, 1.54) is 89.9 Å². The maximum absolute atomic E-state index is 15.0. The highest BCUT2D eigenvalue weighted by molar-refractivity contribution is 6.00. The van der Waals surface area contributed by atoms with Crippen LogP contribution in [0, 0.1) is 0 Å². The summed E-state index contributed by atoms with van der Waals surface area (Å²) in [6.45, 7) is 9.08. The summed E-state index contributed by atoms with van der Waals surface area (Å²) in [5.74, 6) is -1.33. The number of benzene rings is 1. The van der Waals surface area contributed by atoms with Crippen LogP contribution in [0.4, 0.5) is 0 Å². The first-order valence-electron chi connectivity index (χ1n) is 25.1. The Bertz CT molecular complexity index is 1610. The van der Waals surface area contributed by atoms with Crippen LogP contribution in [0.15, 0.2) is 114 Å². The number of allylic oxidation sites excluding steroid dienone is 2. The SMILES string of the molecule is CCCCCCCCCCCCOC(=O)C1=C(C[n+]2ccccc2)N(CCCCCC)C(C[n+]2ccccc2)=C(C(=O)OCCCCCCCCCCCC)C1c1ccccc1. The fourth-order valence-corrected chi connectivity index (χ4v) is 8.78. The Labute approximate surface area is 377 Å². The lowest BCUT2D eigenvalue weighted by molar-refractivity contribution is -0.694. The van der Waals surface area contributed by atoms with Crippen molar-refractivity contribution in [3.8, 4) is 0 Å². The molecule has 0 saturated carbocycles. The molecular formula is C55H83N3O4+2. The van der Waals surface area contributed by atoms with Gasteiger partial charge in [0.15, 0.2) is 37.9 Å². The van der Waals surface area contributed by atoms with Crippen molar-refractivity contribution >= 4 is 11.9 Å². The van der Waals surface area contributed by atoms with Gasteiger partial charge in [0.05, 0.1) is 41.7 Å². The molecule has 7 heteroatoms. The lowest BCUT2D eigenvalue weighted by Gasteiger charge is -2.38. The molecule has 0 unspecified atom stereocenters. The van der Waals surface area contributed by atoms with E-state index in [0.717, 1.165) is 81.2 Å². The molecule has 0 aliphatic carbocycles. The summed E-state index contributed by atoms with van der Waals surface area (Å²) in [5.41, 5.74) is 3.75. The van der Waals surface area contributed by atoms with Gasteiger partial charge < -0.3 is 14.4 Å². The summed E-state index contributed by atoms with van der Waals surface area (Å²) < 4.78 is 16.9. The highest BCUT2D eigenvalue weighted by Gasteiger charge is 2.45. The molecule has 7 nitrogen and oxygen atoms in total. The molecule has 62 heavy (non-hydrogen) atoms. The number of hydrogen-bond acceptors (Lipinski definition) is 5. The molecule has 1 aliphatic rings. The Morgan fingerprint density at radius 1 is 0.452 bits per heavy atom. The number of carbonyl (C=O) groups excluding carboxylic acids is 2. The summed E-state index contributed by atoms with van der Waals surface area (Å²) in [7, 11) is 0. The molecule has 340 valence electrons. The van der Waals surface area contributed by atoms with Gasteiger partial charge in [-0.2, -0.15) is 9.13 Å². The van der Waals surface area contributed by atoms with Gasteiger partial charge in [-0.3, -0.25) is 0 Å². The van der Waals surface area contributed by atoms with E-state index >= 15 is 0 Å². The van der Waals surface area contributed by atoms with Crippen LogP contribution < -0.4 is 9.13 Å². The Morgan fingerprint density at radius 3 is 1.18 bits per heavy atom. The smallest absolute Gasteiger partial charge is 0.337 e. The standard InChI is InChI=1S/C55H83N3O4/c1-4-7-10-13-15-17-19-21-23-35-44-61-54(59)52-49(46-56-39-30-26-31-40-56)58(43-34-12-9-6-3)50(47-57-41-32-27-33-42-57)53(51(52)48-37-28-25-29-38-48)55(60)62-45-36-24-22-20-18-16-14-11-8-5-2/h25-33,37-42,51H,4-24,34-36,43-47H2,1-3H3/q+2. The minimum Gasteiger partial charge on any atom is -0.462 e. The van der Waals surface area contributed by atoms with E-state index in [4.69, 9.17) is 9.47 Å². The van der Waals surface area contributed by atoms with Gasteiger partial charge in [-0.05, 0) is 24.8 Å². The lowest BCUT2D eigenvalue weighted by atomic mass is 9.79. The molecule has 4 rings (SSSR count). The first kappa shape index (κ1) is 50.4. The van der Waals surface area contributed by atoms with E-state index < -0.39 is 5.92 Å². The molecular weight excluding hydrogens is 767 g/mol. The first-order chi connectivity index (χ1) is 30.6. The first-order valence-corrected chi connectivity index (χ1v) is 25.1. The molecule has 0 atom stereocenters. The summed E-state index contributed by atoms with van der Waals surface area (Å²) in [4.78, 5) is 32.2. The minimum atomic E-state index is -0.651. The van der Waals surface area contributed by atoms with Gasteiger partial charge >= 0.3 is 11.9 Å². The van der Waals surface area contributed by atoms with Gasteiger partial charge in [-0.25, -0.2) is 9.59 Å². The predicted octanol–water partition coefficient (Wildman–Crippen LogP) is 13.1. The highest BCUT2D eigenvalue weighted by Crippen LogP contribution is 2.44. The van der Waals surface area contributed by atoms with Gasteiger partial charge in [0.1, 0.15) is 0 Å². The molecule has 0 bridgehead atoms. The van der Waals surface area contributed by atoms with Crippen molar-refractivity contribution in [3.05, 3.63) is 120 Å². The Morgan fingerprint density at radius 2 is 0.790 bits per heavy atom. The van der Waals surface area contributed by atoms with Gasteiger partial charge in [0.25, 0.3) is 0 Å². The van der Waals surface area contributed by atoms with E-state index in [1.54, 1.807) is 0 Å². The number of aromatic nitrogens is 2. The van der Waals surface area contributed by atoms with Gasteiger partial charge in [-0.1, -0.05) is 198 Å². The molecule has 3 heterocycles. The number of ether oxygens (including phenoxy) is 2. The zero-order chi connectivity index (χ0) is 43.9. The van der Waals surface area contributed by atoms with E-state index in [1.807, 2.05) is 66.7 Å². The molecule has 3 aromatic rings. The predicted molar refractivity (Wildman–Crippen MR) is 253 cm³/mol. The van der Waals surface area contributed by atoms with Crippen LogP contribution in [0.25, 0.3) is 0 Å². The molecule has 0 amide bonds. The summed E-state index contributed by atoms with van der Waals surface area (Å²) >= 11 is 0. The maximum atomic E-state index is 15.0. The molecule has 2 aromatic heterocycles. The number of hydrogen-bond donors (Lipinski definition) is 0. The Balaban J connectivity index is 1.68. The third-order valence-electron chi connectivity index (χ3n) is 12.3. The average molecular weight is 850 g/mol. The Kier molecular flexibility index (Phi) is 25.6. The molecule has 0 spiro atoms. The average Bonchev–Trinajstić information content (AvgIpc) is 3.30.